The third-order valence-corrected chi connectivity index (χ3v) is 3.71. The van der Waals surface area contributed by atoms with Crippen LogP contribution in [0.25, 0.3) is 4.96 Å². The fourth-order valence-electron chi connectivity index (χ4n) is 1.94. The smallest absolute Gasteiger partial charge is 0.270 e. The Hall–Kier alpha value is -2.45. The van der Waals surface area contributed by atoms with E-state index in [0.29, 0.717) is 11.3 Å². The highest BCUT2D eigenvalue weighted by Crippen LogP contribution is 2.25. The maximum atomic E-state index is 10.7. The molecule has 1 N–H and O–H groups in total. The molecule has 0 atom stereocenters. The van der Waals surface area contributed by atoms with Gasteiger partial charge in [-0.2, -0.15) is 0 Å². The van der Waals surface area contributed by atoms with Gasteiger partial charge in [-0.25, -0.2) is 4.98 Å². The third-order valence-electron chi connectivity index (χ3n) is 2.94. The molecule has 0 aliphatic rings. The van der Waals surface area contributed by atoms with Crippen LogP contribution in [-0.4, -0.2) is 19.4 Å². The van der Waals surface area contributed by atoms with E-state index in [1.165, 1.54) is 29.5 Å². The second kappa shape index (κ2) is 5.51. The molecule has 0 unspecified atom stereocenters. The molecule has 0 radical (unpaired) electrons. The van der Waals surface area contributed by atoms with Gasteiger partial charge in [0, 0.05) is 35.5 Å². The fraction of sp³-hybridized carbons (Fsp3) is 0.154. The lowest BCUT2D eigenvalue weighted by Gasteiger charge is -2.08. The maximum absolute atomic E-state index is 10.7. The van der Waals surface area contributed by atoms with E-state index < -0.39 is 4.92 Å². The lowest BCUT2D eigenvalue weighted by Crippen LogP contribution is -2.00. The van der Waals surface area contributed by atoms with E-state index in [2.05, 4.69) is 4.98 Å². The lowest BCUT2D eigenvalue weighted by atomic mass is 10.2. The first-order chi connectivity index (χ1) is 10.2. The minimum absolute atomic E-state index is 0.0751. The van der Waals surface area contributed by atoms with Crippen LogP contribution in [0.1, 0.15) is 11.3 Å². The highest BCUT2D eigenvalue weighted by Gasteiger charge is 2.12. The molecule has 3 rings (SSSR count). The Morgan fingerprint density at radius 1 is 1.48 bits per heavy atom. The number of fused-ring (bicyclic) bond motifs is 1. The number of aliphatic hydroxyl groups is 1. The first-order valence-corrected chi connectivity index (χ1v) is 6.97. The van der Waals surface area contributed by atoms with Gasteiger partial charge in [-0.1, -0.05) is 0 Å². The number of ether oxygens (including phenoxy) is 1. The monoisotopic (exact) mass is 305 g/mol. The maximum Gasteiger partial charge on any atom is 0.270 e. The molecule has 1 aromatic carbocycles. The summed E-state index contributed by atoms with van der Waals surface area (Å²) >= 11 is 1.52. The van der Waals surface area contributed by atoms with Crippen molar-refractivity contribution in [3.05, 3.63) is 57.3 Å². The van der Waals surface area contributed by atoms with E-state index >= 15 is 0 Å². The molecule has 21 heavy (non-hydrogen) atoms. The summed E-state index contributed by atoms with van der Waals surface area (Å²) in [7, 11) is 0. The normalized spacial score (nSPS) is 10.9. The number of aromatic nitrogens is 2. The number of hydrogen-bond acceptors (Lipinski definition) is 6. The summed E-state index contributed by atoms with van der Waals surface area (Å²) in [6, 6.07) is 4.14. The average Bonchev–Trinajstić information content (AvgIpc) is 3.05. The van der Waals surface area contributed by atoms with Gasteiger partial charge >= 0.3 is 0 Å². The Bertz CT molecular complexity index is 767. The summed E-state index contributed by atoms with van der Waals surface area (Å²) in [6.45, 7) is -0.0888. The number of rotatable bonds is 5. The number of hydrogen-bond donors (Lipinski definition) is 1. The van der Waals surface area contributed by atoms with Gasteiger partial charge in [0.25, 0.3) is 5.69 Å². The van der Waals surface area contributed by atoms with E-state index in [-0.39, 0.29) is 18.9 Å². The third kappa shape index (κ3) is 2.71. The molecule has 0 aliphatic carbocycles. The number of benzene rings is 1. The van der Waals surface area contributed by atoms with E-state index in [1.807, 2.05) is 22.2 Å². The van der Waals surface area contributed by atoms with Crippen molar-refractivity contribution in [1.29, 1.82) is 0 Å². The van der Waals surface area contributed by atoms with Crippen molar-refractivity contribution in [2.24, 2.45) is 0 Å². The van der Waals surface area contributed by atoms with Crippen LogP contribution in [0.15, 0.2) is 36.0 Å². The van der Waals surface area contributed by atoms with Gasteiger partial charge in [0.05, 0.1) is 17.2 Å². The molecule has 108 valence electrons. The number of non-ortho nitro benzene ring substituents is 1. The molecule has 0 saturated heterocycles. The van der Waals surface area contributed by atoms with Crippen LogP contribution in [0.3, 0.4) is 0 Å². The van der Waals surface area contributed by atoms with Crippen molar-refractivity contribution in [2.75, 3.05) is 0 Å². The van der Waals surface area contributed by atoms with Gasteiger partial charge < -0.3 is 9.84 Å². The lowest BCUT2D eigenvalue weighted by molar-refractivity contribution is -0.385. The van der Waals surface area contributed by atoms with Crippen LogP contribution in [-0.2, 0) is 13.2 Å². The number of nitro benzene ring substituents is 1. The highest BCUT2D eigenvalue weighted by molar-refractivity contribution is 7.15. The predicted octanol–water partition coefficient (Wildman–Crippen LogP) is 2.38. The topological polar surface area (TPSA) is 89.9 Å². The minimum atomic E-state index is -0.508. The van der Waals surface area contributed by atoms with Crippen LogP contribution in [0, 0.1) is 10.1 Å². The Kier molecular flexibility index (Phi) is 3.55. The molecule has 0 aliphatic heterocycles. The molecule has 0 saturated carbocycles. The number of nitro groups is 1. The molecule has 8 heteroatoms. The van der Waals surface area contributed by atoms with Crippen molar-refractivity contribution < 1.29 is 14.8 Å². The molecule has 3 aromatic rings. The second-order valence-corrected chi connectivity index (χ2v) is 5.19. The zero-order valence-corrected chi connectivity index (χ0v) is 11.6. The first kappa shape index (κ1) is 13.5. The Labute approximate surface area is 123 Å². The molecule has 2 heterocycles. The van der Waals surface area contributed by atoms with Crippen molar-refractivity contribution in [3.63, 3.8) is 0 Å². The van der Waals surface area contributed by atoms with Gasteiger partial charge in [0.15, 0.2) is 4.96 Å². The Morgan fingerprint density at radius 3 is 3.05 bits per heavy atom. The molecule has 0 bridgehead atoms. The van der Waals surface area contributed by atoms with Gasteiger partial charge in [-0.15, -0.1) is 11.3 Å². The molecule has 0 fully saturated rings. The van der Waals surface area contributed by atoms with Gasteiger partial charge in [-0.05, 0) is 6.07 Å². The number of imidazole rings is 1. The Balaban J connectivity index is 1.77. The van der Waals surface area contributed by atoms with Crippen LogP contribution < -0.4 is 4.74 Å². The quantitative estimate of drug-likeness (QED) is 0.577. The molecule has 0 spiro atoms. The van der Waals surface area contributed by atoms with Crippen molar-refractivity contribution >= 4 is 22.0 Å². The zero-order valence-electron chi connectivity index (χ0n) is 10.8. The summed E-state index contributed by atoms with van der Waals surface area (Å²) in [5.41, 5.74) is 1.06. The minimum Gasteiger partial charge on any atom is -0.487 e. The summed E-state index contributed by atoms with van der Waals surface area (Å²) in [5.74, 6) is 0.416. The van der Waals surface area contributed by atoms with Gasteiger partial charge in [0.2, 0.25) is 0 Å². The van der Waals surface area contributed by atoms with Crippen molar-refractivity contribution in [1.82, 2.24) is 9.38 Å². The number of nitrogens with zero attached hydrogens (tertiary/aromatic N) is 3. The Morgan fingerprint density at radius 2 is 2.33 bits per heavy atom. The summed E-state index contributed by atoms with van der Waals surface area (Å²) in [5, 5.41) is 21.9. The molecular formula is C13H11N3O4S. The van der Waals surface area contributed by atoms with Crippen LogP contribution in [0.2, 0.25) is 0 Å². The van der Waals surface area contributed by atoms with Crippen molar-refractivity contribution in [3.8, 4) is 5.75 Å². The standard InChI is InChI=1S/C13H11N3O4S/c17-7-9-5-11(16(18)19)1-2-12(9)20-8-10-6-15-3-4-21-13(15)14-10/h1-6,17H,7-8H2. The second-order valence-electron chi connectivity index (χ2n) is 4.32. The molecular weight excluding hydrogens is 294 g/mol. The van der Waals surface area contributed by atoms with Gasteiger partial charge in [-0.3, -0.25) is 14.5 Å². The van der Waals surface area contributed by atoms with E-state index in [0.717, 1.165) is 10.7 Å². The highest BCUT2D eigenvalue weighted by atomic mass is 32.1. The molecule has 7 nitrogen and oxygen atoms in total. The van der Waals surface area contributed by atoms with E-state index in [9.17, 15) is 15.2 Å². The predicted molar refractivity (Wildman–Crippen MR) is 76.4 cm³/mol. The van der Waals surface area contributed by atoms with Crippen LogP contribution in [0.5, 0.6) is 5.75 Å². The van der Waals surface area contributed by atoms with Crippen LogP contribution in [0.4, 0.5) is 5.69 Å². The van der Waals surface area contributed by atoms with Crippen molar-refractivity contribution in [2.45, 2.75) is 13.2 Å². The molecule has 0 amide bonds. The zero-order chi connectivity index (χ0) is 14.8. The largest absolute Gasteiger partial charge is 0.487 e. The first-order valence-electron chi connectivity index (χ1n) is 6.09. The van der Waals surface area contributed by atoms with Gasteiger partial charge in [0.1, 0.15) is 12.4 Å². The fourth-order valence-corrected chi connectivity index (χ4v) is 2.66. The number of aliphatic hydroxyl groups excluding tert-OH is 1. The SMILES string of the molecule is O=[N+]([O-])c1ccc(OCc2cn3ccsc3n2)c(CO)c1. The summed E-state index contributed by atoms with van der Waals surface area (Å²) < 4.78 is 7.49. The summed E-state index contributed by atoms with van der Waals surface area (Å²) in [4.78, 5) is 15.4. The average molecular weight is 305 g/mol. The molecule has 2 aromatic heterocycles. The van der Waals surface area contributed by atoms with E-state index in [4.69, 9.17) is 4.74 Å². The number of thiazole rings is 1. The van der Waals surface area contributed by atoms with Crippen LogP contribution >= 0.6 is 11.3 Å². The van der Waals surface area contributed by atoms with E-state index in [1.54, 1.807) is 0 Å². The summed E-state index contributed by atoms with van der Waals surface area (Å²) in [6.07, 6.45) is 3.76.